The Morgan fingerprint density at radius 1 is 1.00 bits per heavy atom. The molecular formula is C6H13I3. The summed E-state index contributed by atoms with van der Waals surface area (Å²) in [5, 5.41) is 0. The maximum absolute atomic E-state index is 3.36. The van der Waals surface area contributed by atoms with Gasteiger partial charge < -0.3 is 0 Å². The van der Waals surface area contributed by atoms with Crippen LogP contribution < -0.4 is 0 Å². The molecule has 0 aromatic rings. The zero-order chi connectivity index (χ0) is 7.41. The Labute approximate surface area is 98.9 Å². The number of hydrogen-bond acceptors (Lipinski definition) is 0. The molecule has 0 unspecified atom stereocenters. The van der Waals surface area contributed by atoms with Gasteiger partial charge in [0, 0.05) is 37.2 Å². The first-order valence-electron chi connectivity index (χ1n) is 2.11. The average molecular weight is 466 g/mol. The van der Waals surface area contributed by atoms with Gasteiger partial charge in [0.1, 0.15) is 0 Å². The van der Waals surface area contributed by atoms with Gasteiger partial charge in [0.05, 0.1) is 0 Å². The molecule has 0 aliphatic rings. The molecular weight excluding hydrogens is 453 g/mol. The highest BCUT2D eigenvalue weighted by molar-refractivity contribution is 15.0. The molecule has 0 spiro atoms. The van der Waals surface area contributed by atoms with Crippen LogP contribution in [0.15, 0.2) is 25.3 Å². The largest absolute Gasteiger partial charge is 0.107 e. The first kappa shape index (κ1) is 22.4. The summed E-state index contributed by atoms with van der Waals surface area (Å²) in [6.07, 6.45) is 3.50. The van der Waals surface area contributed by atoms with E-state index in [4.69, 9.17) is 0 Å². The second-order valence-electron chi connectivity index (χ2n) is 0.816. The molecule has 0 radical (unpaired) electrons. The third-order valence-electron chi connectivity index (χ3n) is 0. The van der Waals surface area contributed by atoms with E-state index >= 15 is 0 Å². The fourth-order valence-corrected chi connectivity index (χ4v) is 0. The fraction of sp³-hybridized carbons (Fsp3) is 0.333. The Morgan fingerprint density at radius 3 is 1.00 bits per heavy atom. The molecule has 0 aromatic heterocycles. The highest BCUT2D eigenvalue weighted by atomic mass is 128. The van der Waals surface area contributed by atoms with Crippen molar-refractivity contribution in [2.24, 2.45) is 0 Å². The molecule has 0 rings (SSSR count). The van der Waals surface area contributed by atoms with Crippen LogP contribution in [-0.4, -0.2) is 0 Å². The quantitative estimate of drug-likeness (QED) is 0.357. The minimum absolute atomic E-state index is 0. The van der Waals surface area contributed by atoms with Gasteiger partial charge in [-0.25, -0.2) is 0 Å². The molecule has 3 heteroatoms. The van der Waals surface area contributed by atoms with Gasteiger partial charge in [-0.15, -0.1) is 37.1 Å². The summed E-state index contributed by atoms with van der Waals surface area (Å²) in [5.74, 6) is 0. The number of allylic oxidation sites excluding steroid dienone is 2. The first-order valence-corrected chi connectivity index (χ1v) is 8.40. The molecule has 0 heterocycles. The summed E-state index contributed by atoms with van der Waals surface area (Å²) < 4.78 is 0. The minimum atomic E-state index is 0. The number of rotatable bonds is 0. The van der Waals surface area contributed by atoms with Crippen molar-refractivity contribution in [2.45, 2.75) is 13.8 Å². The second kappa shape index (κ2) is 54.0. The van der Waals surface area contributed by atoms with Crippen LogP contribution in [-0.2, 0) is 0 Å². The van der Waals surface area contributed by atoms with Crippen LogP contribution in [0.1, 0.15) is 13.8 Å². The van der Waals surface area contributed by atoms with Crippen LogP contribution in [0.5, 0.6) is 0 Å². The summed E-state index contributed by atoms with van der Waals surface area (Å²) in [4.78, 5) is 0. The van der Waals surface area contributed by atoms with E-state index in [1.54, 1.807) is 12.2 Å². The zero-order valence-corrected chi connectivity index (χ0v) is 12.4. The standard InChI is InChI=1S/2C3H6.I2.HI/c2*1-3-2;1-2;/h2*3H,1H2,2H3;;1H. The van der Waals surface area contributed by atoms with Crippen LogP contribution in [0.2, 0.25) is 0 Å². The van der Waals surface area contributed by atoms with Gasteiger partial charge in [-0.1, -0.05) is 12.2 Å². The molecule has 58 valence electrons. The molecule has 0 atom stereocenters. The first-order chi connectivity index (χ1) is 3.83. The third kappa shape index (κ3) is 204. The van der Waals surface area contributed by atoms with Crippen molar-refractivity contribution in [2.75, 3.05) is 0 Å². The molecule has 0 fully saturated rings. The Balaban J connectivity index is -0.0000000202. The van der Waals surface area contributed by atoms with Crippen molar-refractivity contribution in [1.82, 2.24) is 0 Å². The summed E-state index contributed by atoms with van der Waals surface area (Å²) in [5.41, 5.74) is 0. The van der Waals surface area contributed by atoms with E-state index in [-0.39, 0.29) is 24.0 Å². The number of halogens is 3. The lowest BCUT2D eigenvalue weighted by molar-refractivity contribution is 1.80. The van der Waals surface area contributed by atoms with Crippen molar-refractivity contribution in [1.29, 1.82) is 0 Å². The van der Waals surface area contributed by atoms with E-state index in [1.807, 2.05) is 13.8 Å². The maximum Gasteiger partial charge on any atom is 0 e. The van der Waals surface area contributed by atoms with Gasteiger partial charge in [-0.3, -0.25) is 0 Å². The Bertz CT molecular complexity index is 29.3. The predicted molar refractivity (Wildman–Crippen MR) is 75.2 cm³/mol. The highest BCUT2D eigenvalue weighted by Crippen LogP contribution is 1.89. The van der Waals surface area contributed by atoms with E-state index in [9.17, 15) is 0 Å². The second-order valence-corrected chi connectivity index (χ2v) is 0.816. The van der Waals surface area contributed by atoms with Gasteiger partial charge in [0.2, 0.25) is 0 Å². The molecule has 0 saturated heterocycles. The normalized spacial score (nSPS) is 3.56. The van der Waals surface area contributed by atoms with E-state index in [0.29, 0.717) is 0 Å². The van der Waals surface area contributed by atoms with Crippen molar-refractivity contribution in [3.63, 3.8) is 0 Å². The smallest absolute Gasteiger partial charge is 0 e. The SMILES string of the molecule is C=CC.C=CC.I.II. The van der Waals surface area contributed by atoms with Gasteiger partial charge in [0.25, 0.3) is 0 Å². The maximum atomic E-state index is 3.36. The van der Waals surface area contributed by atoms with Crippen molar-refractivity contribution in [3.8, 4) is 0 Å². The molecule has 0 amide bonds. The summed E-state index contributed by atoms with van der Waals surface area (Å²) in [6, 6.07) is 0. The monoisotopic (exact) mass is 466 g/mol. The lowest BCUT2D eigenvalue weighted by atomic mass is 10.8. The zero-order valence-electron chi connectivity index (χ0n) is 5.73. The van der Waals surface area contributed by atoms with Crippen molar-refractivity contribution < 1.29 is 0 Å². The van der Waals surface area contributed by atoms with E-state index in [2.05, 4.69) is 50.4 Å². The fourth-order valence-electron chi connectivity index (χ4n) is 0. The molecule has 0 bridgehead atoms. The van der Waals surface area contributed by atoms with Crippen LogP contribution in [0, 0.1) is 0 Å². The molecule has 0 aliphatic carbocycles. The lowest BCUT2D eigenvalue weighted by Gasteiger charge is -1.31. The van der Waals surface area contributed by atoms with E-state index in [0.717, 1.165) is 0 Å². The Hall–Kier alpha value is 1.67. The van der Waals surface area contributed by atoms with Crippen LogP contribution in [0.25, 0.3) is 0 Å². The topological polar surface area (TPSA) is 0 Å². The highest BCUT2D eigenvalue weighted by Gasteiger charge is 1.15. The molecule has 0 aliphatic heterocycles. The molecule has 0 nitrogen and oxygen atoms in total. The summed E-state index contributed by atoms with van der Waals surface area (Å²) in [7, 11) is 0. The van der Waals surface area contributed by atoms with E-state index < -0.39 is 0 Å². The summed E-state index contributed by atoms with van der Waals surface area (Å²) >= 11 is 4.24. The third-order valence-corrected chi connectivity index (χ3v) is 0. The Morgan fingerprint density at radius 2 is 1.00 bits per heavy atom. The van der Waals surface area contributed by atoms with Crippen molar-refractivity contribution >= 4 is 61.2 Å². The Kier molecular flexibility index (Phi) is 134. The number of hydrogen-bond donors (Lipinski definition) is 0. The summed E-state index contributed by atoms with van der Waals surface area (Å²) in [6.45, 7) is 10.5. The molecule has 9 heavy (non-hydrogen) atoms. The molecule has 0 saturated carbocycles. The van der Waals surface area contributed by atoms with Gasteiger partial charge in [-0.2, -0.15) is 0 Å². The van der Waals surface area contributed by atoms with Gasteiger partial charge in [0.15, 0.2) is 0 Å². The van der Waals surface area contributed by atoms with Crippen molar-refractivity contribution in [3.05, 3.63) is 25.3 Å². The predicted octanol–water partition coefficient (Wildman–Crippen LogP) is 4.77. The molecule has 0 N–H and O–H groups in total. The van der Waals surface area contributed by atoms with E-state index in [1.165, 1.54) is 0 Å². The average Bonchev–Trinajstić information content (AvgIpc) is 1.75. The molecule has 0 aromatic carbocycles. The van der Waals surface area contributed by atoms with Crippen LogP contribution >= 0.6 is 61.2 Å². The van der Waals surface area contributed by atoms with Crippen LogP contribution in [0.3, 0.4) is 0 Å². The minimum Gasteiger partial charge on any atom is -0.107 e. The van der Waals surface area contributed by atoms with Crippen LogP contribution in [0.4, 0.5) is 0 Å². The van der Waals surface area contributed by atoms with Gasteiger partial charge in [-0.05, 0) is 13.8 Å². The lowest BCUT2D eigenvalue weighted by Crippen LogP contribution is -1.07. The van der Waals surface area contributed by atoms with Gasteiger partial charge >= 0.3 is 0 Å².